The highest BCUT2D eigenvalue weighted by Gasteiger charge is 2.13. The number of carbonyl (C=O) groups excluding carboxylic acids is 1. The second-order valence-corrected chi connectivity index (χ2v) is 5.64. The Balaban J connectivity index is 1.76. The van der Waals surface area contributed by atoms with Gasteiger partial charge in [-0.2, -0.15) is 0 Å². The predicted octanol–water partition coefficient (Wildman–Crippen LogP) is 3.21. The Kier molecular flexibility index (Phi) is 6.59. The van der Waals surface area contributed by atoms with Crippen LogP contribution >= 0.6 is 11.6 Å². The largest absolute Gasteiger partial charge is 0.389 e. The van der Waals surface area contributed by atoms with E-state index in [0.717, 1.165) is 5.56 Å². The molecule has 0 aliphatic heterocycles. The fraction of sp³-hybridized carbons (Fsp3) is 0.278. The molecule has 2 N–H and O–H groups in total. The molecule has 0 aliphatic rings. The molecule has 0 radical (unpaired) electrons. The number of aliphatic hydroxyl groups excluding tert-OH is 1. The molecule has 2 atom stereocenters. The van der Waals surface area contributed by atoms with Crippen LogP contribution in [0.15, 0.2) is 54.6 Å². The van der Waals surface area contributed by atoms with Crippen molar-refractivity contribution in [2.75, 3.05) is 13.2 Å². The molecule has 0 aromatic heterocycles. The summed E-state index contributed by atoms with van der Waals surface area (Å²) in [6.07, 6.45) is -0.905. The van der Waals surface area contributed by atoms with Crippen LogP contribution in [0.1, 0.15) is 28.9 Å². The van der Waals surface area contributed by atoms with Crippen molar-refractivity contribution in [1.82, 2.24) is 5.32 Å². The van der Waals surface area contributed by atoms with Crippen molar-refractivity contribution in [2.45, 2.75) is 19.1 Å². The highest BCUT2D eigenvalue weighted by molar-refractivity contribution is 6.33. The van der Waals surface area contributed by atoms with Crippen LogP contribution in [0, 0.1) is 0 Å². The number of aliphatic hydroxyl groups is 1. The van der Waals surface area contributed by atoms with Crippen molar-refractivity contribution >= 4 is 17.5 Å². The Labute approximate surface area is 141 Å². The monoisotopic (exact) mass is 333 g/mol. The number of hydrogen-bond donors (Lipinski definition) is 2. The van der Waals surface area contributed by atoms with E-state index < -0.39 is 6.10 Å². The van der Waals surface area contributed by atoms with Gasteiger partial charge >= 0.3 is 0 Å². The van der Waals surface area contributed by atoms with E-state index in [1.807, 2.05) is 37.3 Å². The first-order valence-electron chi connectivity index (χ1n) is 7.45. The molecule has 5 heteroatoms. The highest BCUT2D eigenvalue weighted by atomic mass is 35.5. The van der Waals surface area contributed by atoms with E-state index in [2.05, 4.69) is 5.32 Å². The molecule has 0 heterocycles. The Bertz CT molecular complexity index is 633. The minimum absolute atomic E-state index is 0.103. The summed E-state index contributed by atoms with van der Waals surface area (Å²) in [7, 11) is 0. The number of rotatable bonds is 7. The first-order valence-corrected chi connectivity index (χ1v) is 7.83. The minimum atomic E-state index is -0.785. The van der Waals surface area contributed by atoms with Gasteiger partial charge in [-0.05, 0) is 24.6 Å². The van der Waals surface area contributed by atoms with Crippen LogP contribution in [-0.2, 0) is 4.74 Å². The van der Waals surface area contributed by atoms with Gasteiger partial charge in [-0.25, -0.2) is 0 Å². The van der Waals surface area contributed by atoms with Crippen molar-refractivity contribution in [1.29, 1.82) is 0 Å². The molecule has 0 fully saturated rings. The number of nitrogens with one attached hydrogen (secondary N) is 1. The Morgan fingerprint density at radius 3 is 2.52 bits per heavy atom. The van der Waals surface area contributed by atoms with Crippen LogP contribution in [0.5, 0.6) is 0 Å². The van der Waals surface area contributed by atoms with Gasteiger partial charge in [-0.3, -0.25) is 4.79 Å². The second-order valence-electron chi connectivity index (χ2n) is 5.23. The zero-order chi connectivity index (χ0) is 16.7. The maximum absolute atomic E-state index is 12.0. The number of halogens is 1. The van der Waals surface area contributed by atoms with E-state index in [1.54, 1.807) is 24.3 Å². The van der Waals surface area contributed by atoms with Gasteiger partial charge in [-0.15, -0.1) is 0 Å². The molecule has 2 aromatic rings. The summed E-state index contributed by atoms with van der Waals surface area (Å²) < 4.78 is 5.62. The number of benzene rings is 2. The van der Waals surface area contributed by atoms with Gasteiger partial charge in [-0.1, -0.05) is 54.1 Å². The van der Waals surface area contributed by atoms with Gasteiger partial charge in [0.2, 0.25) is 0 Å². The molecule has 0 saturated heterocycles. The number of carbonyl (C=O) groups is 1. The summed E-state index contributed by atoms with van der Waals surface area (Å²) in [6, 6.07) is 16.5. The third kappa shape index (κ3) is 5.36. The van der Waals surface area contributed by atoms with E-state index in [0.29, 0.717) is 10.6 Å². The SMILES string of the molecule is C[C@H](OC[C@H](O)CNC(=O)c1ccccc1Cl)c1ccccc1. The number of ether oxygens (including phenoxy) is 1. The summed E-state index contributed by atoms with van der Waals surface area (Å²) in [6.45, 7) is 2.16. The molecule has 1 amide bonds. The molecule has 23 heavy (non-hydrogen) atoms. The van der Waals surface area contributed by atoms with Crippen LogP contribution in [-0.4, -0.2) is 30.3 Å². The van der Waals surface area contributed by atoms with Crippen molar-refractivity contribution in [3.8, 4) is 0 Å². The molecule has 0 aliphatic carbocycles. The van der Waals surface area contributed by atoms with Crippen LogP contribution in [0.3, 0.4) is 0 Å². The van der Waals surface area contributed by atoms with Gasteiger partial charge < -0.3 is 15.2 Å². The second kappa shape index (κ2) is 8.67. The zero-order valence-electron chi connectivity index (χ0n) is 12.9. The summed E-state index contributed by atoms with van der Waals surface area (Å²) >= 11 is 5.96. The lowest BCUT2D eigenvalue weighted by molar-refractivity contribution is -0.00171. The lowest BCUT2D eigenvalue weighted by Crippen LogP contribution is -2.34. The smallest absolute Gasteiger partial charge is 0.252 e. The Morgan fingerprint density at radius 1 is 1.17 bits per heavy atom. The first-order chi connectivity index (χ1) is 11.1. The molecular weight excluding hydrogens is 314 g/mol. The normalized spacial score (nSPS) is 13.3. The Morgan fingerprint density at radius 2 is 1.83 bits per heavy atom. The Hall–Kier alpha value is -1.88. The molecule has 0 unspecified atom stereocenters. The maximum atomic E-state index is 12.0. The van der Waals surface area contributed by atoms with E-state index in [1.165, 1.54) is 0 Å². The number of amides is 1. The quantitative estimate of drug-likeness (QED) is 0.818. The highest BCUT2D eigenvalue weighted by Crippen LogP contribution is 2.16. The van der Waals surface area contributed by atoms with Gasteiger partial charge in [0.15, 0.2) is 0 Å². The summed E-state index contributed by atoms with van der Waals surface area (Å²) in [5, 5.41) is 13.0. The van der Waals surface area contributed by atoms with Gasteiger partial charge in [0.25, 0.3) is 5.91 Å². The molecular formula is C18H20ClNO3. The van der Waals surface area contributed by atoms with Crippen molar-refractivity contribution in [3.63, 3.8) is 0 Å². The van der Waals surface area contributed by atoms with Crippen LogP contribution < -0.4 is 5.32 Å². The first kappa shape index (κ1) is 17.5. The summed E-state index contributed by atoms with van der Waals surface area (Å²) in [5.41, 5.74) is 1.43. The summed E-state index contributed by atoms with van der Waals surface area (Å²) in [4.78, 5) is 12.0. The molecule has 2 rings (SSSR count). The zero-order valence-corrected chi connectivity index (χ0v) is 13.7. The van der Waals surface area contributed by atoms with E-state index in [-0.39, 0.29) is 25.2 Å². The standard InChI is InChI=1S/C18H20ClNO3/c1-13(14-7-3-2-4-8-14)23-12-15(21)11-20-18(22)16-9-5-6-10-17(16)19/h2-10,13,15,21H,11-12H2,1H3,(H,20,22)/t13-,15+/m0/s1. The minimum Gasteiger partial charge on any atom is -0.389 e. The van der Waals surface area contributed by atoms with E-state index >= 15 is 0 Å². The van der Waals surface area contributed by atoms with Gasteiger partial charge in [0, 0.05) is 6.54 Å². The average Bonchev–Trinajstić information content (AvgIpc) is 2.58. The molecule has 122 valence electrons. The summed E-state index contributed by atoms with van der Waals surface area (Å²) in [5.74, 6) is -0.314. The van der Waals surface area contributed by atoms with Crippen LogP contribution in [0.2, 0.25) is 5.02 Å². The maximum Gasteiger partial charge on any atom is 0.252 e. The average molecular weight is 334 g/mol. The van der Waals surface area contributed by atoms with Crippen LogP contribution in [0.25, 0.3) is 0 Å². The van der Waals surface area contributed by atoms with Crippen molar-refractivity contribution < 1.29 is 14.6 Å². The predicted molar refractivity (Wildman–Crippen MR) is 90.6 cm³/mol. The molecule has 4 nitrogen and oxygen atoms in total. The fourth-order valence-corrected chi connectivity index (χ4v) is 2.31. The van der Waals surface area contributed by atoms with Gasteiger partial charge in [0.1, 0.15) is 0 Å². The fourth-order valence-electron chi connectivity index (χ4n) is 2.09. The molecule has 2 aromatic carbocycles. The number of hydrogen-bond acceptors (Lipinski definition) is 3. The van der Waals surface area contributed by atoms with Crippen LogP contribution in [0.4, 0.5) is 0 Å². The van der Waals surface area contributed by atoms with Crippen molar-refractivity contribution in [2.24, 2.45) is 0 Å². The third-order valence-corrected chi connectivity index (χ3v) is 3.75. The molecule has 0 spiro atoms. The van der Waals surface area contributed by atoms with E-state index in [4.69, 9.17) is 16.3 Å². The topological polar surface area (TPSA) is 58.6 Å². The lowest BCUT2D eigenvalue weighted by Gasteiger charge is -2.17. The van der Waals surface area contributed by atoms with Gasteiger partial charge in [0.05, 0.1) is 29.4 Å². The molecule has 0 bridgehead atoms. The molecule has 0 saturated carbocycles. The third-order valence-electron chi connectivity index (χ3n) is 3.42. The van der Waals surface area contributed by atoms with E-state index in [9.17, 15) is 9.90 Å². The lowest BCUT2D eigenvalue weighted by atomic mass is 10.1. The van der Waals surface area contributed by atoms with Crippen molar-refractivity contribution in [3.05, 3.63) is 70.7 Å².